The van der Waals surface area contributed by atoms with Crippen LogP contribution in [0.2, 0.25) is 0 Å². The molecule has 0 atom stereocenters. The fraction of sp³-hybridized carbons (Fsp3) is 0.714. The smallest absolute Gasteiger partial charge is 0.321 e. The van der Waals surface area contributed by atoms with Crippen molar-refractivity contribution in [1.82, 2.24) is 4.31 Å². The van der Waals surface area contributed by atoms with E-state index in [0.717, 1.165) is 20.5 Å². The van der Waals surface area contributed by atoms with Gasteiger partial charge in [0.15, 0.2) is 0 Å². The van der Waals surface area contributed by atoms with Crippen molar-refractivity contribution in [1.29, 1.82) is 0 Å². The third kappa shape index (κ3) is 5.33. The topological polar surface area (TPSA) is 90.0 Å². The van der Waals surface area contributed by atoms with E-state index in [4.69, 9.17) is 0 Å². The standard InChI is InChI=1S/C7H13NO6S/c1-13-6(9)4-8(15(3,11)12)5-7(10)14-2/h4-5H2,1-3H3. The molecule has 0 fully saturated rings. The van der Waals surface area contributed by atoms with Crippen molar-refractivity contribution in [3.05, 3.63) is 0 Å². The molecule has 0 unspecified atom stereocenters. The molecule has 0 N–H and O–H groups in total. The molecule has 0 aromatic carbocycles. The number of carbonyl (C=O) groups is 2. The van der Waals surface area contributed by atoms with Crippen molar-refractivity contribution >= 4 is 22.0 Å². The van der Waals surface area contributed by atoms with Gasteiger partial charge in [-0.2, -0.15) is 4.31 Å². The molecule has 0 amide bonds. The Balaban J connectivity index is 4.61. The maximum absolute atomic E-state index is 11.1. The molecule has 0 aliphatic rings. The summed E-state index contributed by atoms with van der Waals surface area (Å²) >= 11 is 0. The van der Waals surface area contributed by atoms with E-state index in [9.17, 15) is 18.0 Å². The molecule has 0 rings (SSSR count). The van der Waals surface area contributed by atoms with E-state index < -0.39 is 35.1 Å². The number of nitrogens with zero attached hydrogens (tertiary/aromatic N) is 1. The summed E-state index contributed by atoms with van der Waals surface area (Å²) in [7, 11) is -1.39. The number of sulfonamides is 1. The lowest BCUT2D eigenvalue weighted by atomic mass is 10.6. The lowest BCUT2D eigenvalue weighted by Crippen LogP contribution is -2.39. The van der Waals surface area contributed by atoms with Crippen molar-refractivity contribution in [3.63, 3.8) is 0 Å². The van der Waals surface area contributed by atoms with Crippen molar-refractivity contribution < 1.29 is 27.5 Å². The normalized spacial score (nSPS) is 11.2. The van der Waals surface area contributed by atoms with Gasteiger partial charge in [0.25, 0.3) is 0 Å². The maximum atomic E-state index is 11.1. The number of esters is 2. The van der Waals surface area contributed by atoms with Gasteiger partial charge in [0.1, 0.15) is 13.1 Å². The van der Waals surface area contributed by atoms with Gasteiger partial charge in [0.2, 0.25) is 10.0 Å². The molecule has 0 bridgehead atoms. The first-order chi connectivity index (χ1) is 6.81. The van der Waals surface area contributed by atoms with Gasteiger partial charge in [-0.05, 0) is 0 Å². The Bertz CT molecular complexity index is 317. The van der Waals surface area contributed by atoms with Crippen molar-refractivity contribution in [3.8, 4) is 0 Å². The summed E-state index contributed by atoms with van der Waals surface area (Å²) in [6.45, 7) is -1.02. The molecule has 0 heterocycles. The molecule has 8 heteroatoms. The molecular formula is C7H13NO6S. The molecule has 0 aromatic rings. The van der Waals surface area contributed by atoms with E-state index in [2.05, 4.69) is 9.47 Å². The van der Waals surface area contributed by atoms with Gasteiger partial charge >= 0.3 is 11.9 Å². The van der Waals surface area contributed by atoms with Gasteiger partial charge in [-0.15, -0.1) is 0 Å². The first kappa shape index (κ1) is 13.8. The summed E-state index contributed by atoms with van der Waals surface area (Å²) in [5, 5.41) is 0. The third-order valence-electron chi connectivity index (χ3n) is 1.54. The zero-order valence-corrected chi connectivity index (χ0v) is 9.54. The van der Waals surface area contributed by atoms with E-state index >= 15 is 0 Å². The minimum absolute atomic E-state index is 0.509. The fourth-order valence-electron chi connectivity index (χ4n) is 0.707. The van der Waals surface area contributed by atoms with Gasteiger partial charge in [0, 0.05) is 0 Å². The van der Waals surface area contributed by atoms with Crippen LogP contribution in [-0.2, 0) is 29.1 Å². The number of hydrogen-bond acceptors (Lipinski definition) is 6. The molecule has 0 aliphatic carbocycles. The van der Waals surface area contributed by atoms with E-state index in [0.29, 0.717) is 4.31 Å². The Morgan fingerprint density at radius 2 is 1.40 bits per heavy atom. The van der Waals surface area contributed by atoms with Crippen LogP contribution < -0.4 is 0 Å². The quantitative estimate of drug-likeness (QED) is 0.548. The average Bonchev–Trinajstić information content (AvgIpc) is 2.14. The van der Waals surface area contributed by atoms with Crippen LogP contribution in [0.3, 0.4) is 0 Å². The first-order valence-electron chi connectivity index (χ1n) is 3.90. The highest BCUT2D eigenvalue weighted by molar-refractivity contribution is 7.88. The van der Waals surface area contributed by atoms with E-state index in [1.54, 1.807) is 0 Å². The van der Waals surface area contributed by atoms with Crippen LogP contribution in [0.4, 0.5) is 0 Å². The average molecular weight is 239 g/mol. The monoisotopic (exact) mass is 239 g/mol. The summed E-state index contributed by atoms with van der Waals surface area (Å²) < 4.78 is 31.5. The van der Waals surface area contributed by atoms with Crippen LogP contribution in [0.15, 0.2) is 0 Å². The van der Waals surface area contributed by atoms with Crippen molar-refractivity contribution in [2.45, 2.75) is 0 Å². The summed E-state index contributed by atoms with van der Waals surface area (Å²) in [6, 6.07) is 0. The Labute approximate surface area is 88.0 Å². The zero-order chi connectivity index (χ0) is 12.1. The van der Waals surface area contributed by atoms with Crippen LogP contribution >= 0.6 is 0 Å². The molecule has 0 aliphatic heterocycles. The molecule has 0 saturated heterocycles. The van der Waals surface area contributed by atoms with Gasteiger partial charge in [-0.3, -0.25) is 9.59 Å². The fourth-order valence-corrected chi connectivity index (χ4v) is 1.39. The molecule has 7 nitrogen and oxygen atoms in total. The maximum Gasteiger partial charge on any atom is 0.321 e. The number of ether oxygens (including phenoxy) is 2. The van der Waals surface area contributed by atoms with Crippen LogP contribution in [0.5, 0.6) is 0 Å². The van der Waals surface area contributed by atoms with Crippen LogP contribution in [0.1, 0.15) is 0 Å². The Kier molecular flexibility index (Phi) is 5.23. The highest BCUT2D eigenvalue weighted by Gasteiger charge is 2.23. The van der Waals surface area contributed by atoms with E-state index in [1.807, 2.05) is 0 Å². The molecule has 15 heavy (non-hydrogen) atoms. The van der Waals surface area contributed by atoms with Crippen molar-refractivity contribution in [2.24, 2.45) is 0 Å². The van der Waals surface area contributed by atoms with Gasteiger partial charge in [-0.25, -0.2) is 8.42 Å². The second-order valence-corrected chi connectivity index (χ2v) is 4.67. The van der Waals surface area contributed by atoms with Gasteiger partial charge < -0.3 is 9.47 Å². The number of hydrogen-bond donors (Lipinski definition) is 0. The summed E-state index contributed by atoms with van der Waals surface area (Å²) in [5.41, 5.74) is 0. The Hall–Kier alpha value is -1.15. The first-order valence-corrected chi connectivity index (χ1v) is 5.75. The summed E-state index contributed by atoms with van der Waals surface area (Å²) in [6.07, 6.45) is 0.888. The molecule has 0 aromatic heterocycles. The van der Waals surface area contributed by atoms with E-state index in [1.165, 1.54) is 0 Å². The van der Waals surface area contributed by atoms with Crippen molar-refractivity contribution in [2.75, 3.05) is 33.6 Å². The lowest BCUT2D eigenvalue weighted by Gasteiger charge is -2.16. The lowest BCUT2D eigenvalue weighted by molar-refractivity contribution is -0.143. The number of methoxy groups -OCH3 is 2. The summed E-state index contributed by atoms with van der Waals surface area (Å²) in [5.74, 6) is -1.49. The largest absolute Gasteiger partial charge is 0.468 e. The Morgan fingerprint density at radius 1 is 1.07 bits per heavy atom. The second-order valence-electron chi connectivity index (χ2n) is 2.68. The predicted octanol–water partition coefficient (Wildman–Crippen LogP) is -1.41. The van der Waals surface area contributed by atoms with Gasteiger partial charge in [-0.1, -0.05) is 0 Å². The minimum Gasteiger partial charge on any atom is -0.468 e. The second kappa shape index (κ2) is 5.66. The molecule has 0 radical (unpaired) electrons. The zero-order valence-electron chi connectivity index (χ0n) is 8.72. The molecule has 0 saturated carbocycles. The minimum atomic E-state index is -3.64. The molecule has 0 spiro atoms. The highest BCUT2D eigenvalue weighted by Crippen LogP contribution is 1.98. The predicted molar refractivity (Wildman–Crippen MR) is 50.4 cm³/mol. The number of rotatable bonds is 5. The Morgan fingerprint density at radius 3 is 1.60 bits per heavy atom. The SMILES string of the molecule is COC(=O)CN(CC(=O)OC)S(C)(=O)=O. The molecular weight excluding hydrogens is 226 g/mol. The highest BCUT2D eigenvalue weighted by atomic mass is 32.2. The van der Waals surface area contributed by atoms with Gasteiger partial charge in [0.05, 0.1) is 20.5 Å². The van der Waals surface area contributed by atoms with E-state index in [-0.39, 0.29) is 0 Å². The van der Waals surface area contributed by atoms with Crippen LogP contribution in [0.25, 0.3) is 0 Å². The van der Waals surface area contributed by atoms with Crippen LogP contribution in [0, 0.1) is 0 Å². The number of carbonyl (C=O) groups excluding carboxylic acids is 2. The molecule has 88 valence electrons. The summed E-state index contributed by atoms with van der Waals surface area (Å²) in [4.78, 5) is 21.7. The van der Waals surface area contributed by atoms with Crippen LogP contribution in [-0.4, -0.2) is 58.2 Å². The third-order valence-corrected chi connectivity index (χ3v) is 2.73.